The molecule has 0 bridgehead atoms. The number of aliphatic hydroxyl groups is 1. The van der Waals surface area contributed by atoms with E-state index in [1.54, 1.807) is 76.7 Å². The predicted molar refractivity (Wildman–Crippen MR) is 217 cm³/mol. The van der Waals surface area contributed by atoms with Crippen molar-refractivity contribution in [2.24, 2.45) is 11.8 Å². The summed E-state index contributed by atoms with van der Waals surface area (Å²) in [6.45, 7) is 21.4. The molecule has 0 aliphatic heterocycles. The zero-order chi connectivity index (χ0) is 44.9. The van der Waals surface area contributed by atoms with Gasteiger partial charge in [-0.25, -0.2) is 19.2 Å². The van der Waals surface area contributed by atoms with E-state index in [0.29, 0.717) is 11.5 Å². The van der Waals surface area contributed by atoms with Gasteiger partial charge in [-0.3, -0.25) is 9.97 Å². The van der Waals surface area contributed by atoms with Crippen molar-refractivity contribution in [2.45, 2.75) is 131 Å². The number of aromatic nitrogens is 6. The number of carbonyl (C=O) groups is 4. The van der Waals surface area contributed by atoms with Crippen LogP contribution in [0.25, 0.3) is 22.9 Å². The van der Waals surface area contributed by atoms with Crippen molar-refractivity contribution < 1.29 is 47.7 Å². The van der Waals surface area contributed by atoms with Crippen LogP contribution < -0.4 is 21.3 Å². The molecule has 328 valence electrons. The fourth-order valence-corrected chi connectivity index (χ4v) is 5.37. The Morgan fingerprint density at radius 2 is 1.02 bits per heavy atom. The number of aliphatic hydroxyl groups excluding tert-OH is 1. The Labute approximate surface area is 349 Å². The van der Waals surface area contributed by atoms with Crippen LogP contribution in [0.2, 0.25) is 0 Å². The highest BCUT2D eigenvalue weighted by molar-refractivity contribution is 5.84. The van der Waals surface area contributed by atoms with Gasteiger partial charge >= 0.3 is 24.0 Å². The van der Waals surface area contributed by atoms with E-state index < -0.39 is 71.6 Å². The van der Waals surface area contributed by atoms with Crippen LogP contribution in [-0.2, 0) is 19.1 Å². The minimum absolute atomic E-state index is 0.0697. The highest BCUT2D eigenvalue weighted by Gasteiger charge is 2.35. The molecule has 60 heavy (non-hydrogen) atoms. The Kier molecular flexibility index (Phi) is 17.2. The fraction of sp³-hybridized carbons (Fsp3) is 0.550. The molecule has 0 spiro atoms. The van der Waals surface area contributed by atoms with E-state index in [4.69, 9.17) is 23.4 Å². The van der Waals surface area contributed by atoms with Crippen molar-refractivity contribution in [3.05, 3.63) is 60.8 Å². The number of carboxylic acid groups (broad SMARTS) is 1. The van der Waals surface area contributed by atoms with Gasteiger partial charge in [0.1, 0.15) is 17.7 Å². The lowest BCUT2D eigenvalue weighted by molar-refractivity contribution is -0.164. The first-order chi connectivity index (χ1) is 28.0. The average molecular weight is 839 g/mol. The average Bonchev–Trinajstić information content (AvgIpc) is 3.84. The number of nitrogens with zero attached hydrogens (tertiary/aromatic N) is 6. The molecule has 20 nitrogen and oxygen atoms in total. The van der Waals surface area contributed by atoms with Gasteiger partial charge in [-0.2, -0.15) is 0 Å². The lowest BCUT2D eigenvalue weighted by atomic mass is 10.0. The van der Waals surface area contributed by atoms with E-state index in [1.807, 2.05) is 48.5 Å². The molecular formula is C40H58N10O10. The third kappa shape index (κ3) is 15.3. The molecule has 2 unspecified atom stereocenters. The first-order valence-electron chi connectivity index (χ1n) is 19.4. The van der Waals surface area contributed by atoms with Gasteiger partial charge < -0.3 is 49.8 Å². The summed E-state index contributed by atoms with van der Waals surface area (Å²) in [7, 11) is 0. The minimum Gasteiger partial charge on any atom is -0.480 e. The number of hydrogen-bond donors (Lipinski definition) is 6. The van der Waals surface area contributed by atoms with E-state index in [1.165, 1.54) is 6.92 Å². The number of carbonyl (C=O) groups excluding carboxylic acids is 3. The first-order valence-corrected chi connectivity index (χ1v) is 19.4. The SMILES string of the molecule is CC(O)[C@H](NC(=O)N[C@H](c1nnc(-c2ccncc2)o1)C(C)C)C(=O)O.CC(OC(C)(C)C)[C@H](NC(=O)N[C@H](c1nnc(-c2ccncc2)o1)C(C)C)C(=O)OC(C)(C)C. The number of nitrogens with one attached hydrogen (secondary N) is 4. The van der Waals surface area contributed by atoms with Gasteiger partial charge in [0.25, 0.3) is 0 Å². The van der Waals surface area contributed by atoms with Crippen LogP contribution in [0, 0.1) is 11.8 Å². The third-order valence-corrected chi connectivity index (χ3v) is 8.17. The zero-order valence-electron chi connectivity index (χ0n) is 36.1. The summed E-state index contributed by atoms with van der Waals surface area (Å²) in [5, 5.41) is 45.0. The summed E-state index contributed by atoms with van der Waals surface area (Å²) in [5.74, 6) is -1.06. The Morgan fingerprint density at radius 1 is 0.617 bits per heavy atom. The van der Waals surface area contributed by atoms with Crippen molar-refractivity contribution >= 4 is 24.0 Å². The molecule has 0 radical (unpaired) electrons. The van der Waals surface area contributed by atoms with Crippen LogP contribution in [0.1, 0.15) is 107 Å². The third-order valence-electron chi connectivity index (χ3n) is 8.17. The van der Waals surface area contributed by atoms with E-state index in [0.717, 1.165) is 5.56 Å². The second kappa shape index (κ2) is 21.3. The van der Waals surface area contributed by atoms with Gasteiger partial charge in [0.05, 0.1) is 17.8 Å². The maximum absolute atomic E-state index is 13.0. The lowest BCUT2D eigenvalue weighted by Crippen LogP contribution is -2.55. The Balaban J connectivity index is 0.000000332. The van der Waals surface area contributed by atoms with Gasteiger partial charge in [0.15, 0.2) is 12.1 Å². The smallest absolute Gasteiger partial charge is 0.331 e. The molecule has 0 aliphatic carbocycles. The van der Waals surface area contributed by atoms with Gasteiger partial charge in [0, 0.05) is 35.9 Å². The monoisotopic (exact) mass is 838 g/mol. The summed E-state index contributed by atoms with van der Waals surface area (Å²) in [4.78, 5) is 57.0. The maximum Gasteiger partial charge on any atom is 0.331 e. The Morgan fingerprint density at radius 3 is 1.35 bits per heavy atom. The van der Waals surface area contributed by atoms with Crippen molar-refractivity contribution in [1.29, 1.82) is 0 Å². The lowest BCUT2D eigenvalue weighted by Gasteiger charge is -2.32. The van der Waals surface area contributed by atoms with E-state index in [-0.39, 0.29) is 29.5 Å². The van der Waals surface area contributed by atoms with Crippen LogP contribution in [-0.4, -0.2) is 100 Å². The normalized spacial score (nSPS) is 14.7. The number of pyridine rings is 2. The van der Waals surface area contributed by atoms with E-state index in [2.05, 4.69) is 51.6 Å². The van der Waals surface area contributed by atoms with Crippen molar-refractivity contribution in [3.63, 3.8) is 0 Å². The van der Waals surface area contributed by atoms with Crippen LogP contribution >= 0.6 is 0 Å². The molecule has 4 aromatic rings. The molecule has 4 rings (SSSR count). The standard InChI is InChI=1S/C24H37N5O5.C16H21N5O5/c1-14(2)17(20-29-28-19(32-20)16-10-12-25-13-11-16)26-22(31)27-18(15(3)33-23(4,5)6)21(30)34-24(7,8)9;1-8(2)11(18-16(25)19-12(9(3)22)15(23)24)14-21-20-13(26-14)10-4-6-17-7-5-10/h10-15,17-18H,1-9H3,(H2,26,27,31);4-9,11-12,22H,1-3H3,(H,23,24)(H2,18,19,25)/t15?,17-,18-;9?,11-,12-/m00/s1. The maximum atomic E-state index is 13.0. The number of aliphatic carboxylic acids is 1. The quantitative estimate of drug-likeness (QED) is 0.0859. The van der Waals surface area contributed by atoms with Gasteiger partial charge in [-0.05, 0) is 91.5 Å². The molecule has 4 aromatic heterocycles. The first kappa shape index (κ1) is 48.3. The second-order valence-electron chi connectivity index (χ2n) is 16.5. The molecule has 4 heterocycles. The number of amides is 4. The molecule has 0 saturated heterocycles. The summed E-state index contributed by atoms with van der Waals surface area (Å²) in [6.07, 6.45) is 4.54. The molecule has 0 aliphatic rings. The highest BCUT2D eigenvalue weighted by Crippen LogP contribution is 2.26. The fourth-order valence-electron chi connectivity index (χ4n) is 5.37. The molecular weight excluding hydrogens is 780 g/mol. The number of rotatable bonds is 15. The van der Waals surface area contributed by atoms with Crippen LogP contribution in [0.15, 0.2) is 57.9 Å². The van der Waals surface area contributed by atoms with Gasteiger partial charge in [0.2, 0.25) is 23.6 Å². The number of carboxylic acids is 1. The summed E-state index contributed by atoms with van der Waals surface area (Å²) >= 11 is 0. The molecule has 6 atom stereocenters. The number of hydrogen-bond acceptors (Lipinski definition) is 15. The van der Waals surface area contributed by atoms with Crippen molar-refractivity contribution in [3.8, 4) is 22.9 Å². The highest BCUT2D eigenvalue weighted by atomic mass is 16.6. The second-order valence-corrected chi connectivity index (χ2v) is 16.5. The number of ether oxygens (including phenoxy) is 2. The summed E-state index contributed by atoms with van der Waals surface area (Å²) < 4.78 is 22.9. The number of esters is 1. The largest absolute Gasteiger partial charge is 0.480 e. The molecule has 0 aromatic carbocycles. The number of urea groups is 2. The molecule has 0 fully saturated rings. The Hall–Kier alpha value is -6.02. The molecule has 4 amide bonds. The summed E-state index contributed by atoms with van der Waals surface area (Å²) in [6, 6.07) is 1.91. The zero-order valence-corrected chi connectivity index (χ0v) is 36.1. The van der Waals surface area contributed by atoms with Crippen LogP contribution in [0.5, 0.6) is 0 Å². The van der Waals surface area contributed by atoms with E-state index in [9.17, 15) is 24.3 Å². The van der Waals surface area contributed by atoms with Crippen molar-refractivity contribution in [1.82, 2.24) is 51.6 Å². The molecule has 6 N–H and O–H groups in total. The topological polar surface area (TPSA) is 279 Å². The predicted octanol–water partition coefficient (Wildman–Crippen LogP) is 5.00. The molecule has 20 heteroatoms. The molecule has 0 saturated carbocycles. The van der Waals surface area contributed by atoms with E-state index >= 15 is 0 Å². The van der Waals surface area contributed by atoms with Crippen LogP contribution in [0.3, 0.4) is 0 Å². The van der Waals surface area contributed by atoms with Gasteiger partial charge in [-0.15, -0.1) is 20.4 Å². The summed E-state index contributed by atoms with van der Waals surface area (Å²) in [5.41, 5.74) is 0.165. The van der Waals surface area contributed by atoms with Gasteiger partial charge in [-0.1, -0.05) is 27.7 Å². The van der Waals surface area contributed by atoms with Crippen molar-refractivity contribution in [2.75, 3.05) is 0 Å². The Bertz CT molecular complexity index is 1980. The van der Waals surface area contributed by atoms with Crippen LogP contribution in [0.4, 0.5) is 9.59 Å². The minimum atomic E-state index is -1.43.